The van der Waals surface area contributed by atoms with Crippen LogP contribution in [0.5, 0.6) is 0 Å². The Morgan fingerprint density at radius 2 is 1.80 bits per heavy atom. The fourth-order valence-electron chi connectivity index (χ4n) is 2.16. The van der Waals surface area contributed by atoms with Crippen molar-refractivity contribution in [1.82, 2.24) is 4.57 Å². The SMILES string of the molecule is Cn1c(=O)sc2cc(C(O)c3ccc(Cl)cc3)ccc21. The normalized spacial score (nSPS) is 12.8. The lowest BCUT2D eigenvalue weighted by molar-refractivity contribution is 0.220. The van der Waals surface area contributed by atoms with Crippen LogP contribution < -0.4 is 4.87 Å². The molecule has 1 atom stereocenters. The van der Waals surface area contributed by atoms with Crippen LogP contribution in [0.3, 0.4) is 0 Å². The smallest absolute Gasteiger partial charge is 0.307 e. The molecule has 0 saturated carbocycles. The molecule has 0 saturated heterocycles. The molecule has 3 rings (SSSR count). The highest BCUT2D eigenvalue weighted by Gasteiger charge is 2.12. The summed E-state index contributed by atoms with van der Waals surface area (Å²) in [6, 6.07) is 12.7. The zero-order valence-electron chi connectivity index (χ0n) is 10.7. The van der Waals surface area contributed by atoms with Crippen LogP contribution in [0.15, 0.2) is 47.3 Å². The number of fused-ring (bicyclic) bond motifs is 1. The van der Waals surface area contributed by atoms with Crippen LogP contribution in [0.2, 0.25) is 5.02 Å². The fourth-order valence-corrected chi connectivity index (χ4v) is 3.21. The quantitative estimate of drug-likeness (QED) is 0.789. The minimum Gasteiger partial charge on any atom is -0.384 e. The summed E-state index contributed by atoms with van der Waals surface area (Å²) in [5.74, 6) is 0. The van der Waals surface area contributed by atoms with Crippen LogP contribution in [0, 0.1) is 0 Å². The van der Waals surface area contributed by atoms with Gasteiger partial charge in [0.15, 0.2) is 0 Å². The summed E-state index contributed by atoms with van der Waals surface area (Å²) in [4.78, 5) is 11.6. The van der Waals surface area contributed by atoms with Gasteiger partial charge in [0.05, 0.1) is 10.2 Å². The van der Waals surface area contributed by atoms with Gasteiger partial charge in [-0.3, -0.25) is 4.79 Å². The van der Waals surface area contributed by atoms with E-state index < -0.39 is 6.10 Å². The van der Waals surface area contributed by atoms with Gasteiger partial charge in [0.1, 0.15) is 6.10 Å². The molecule has 102 valence electrons. The third-order valence-electron chi connectivity index (χ3n) is 3.32. The maximum Gasteiger partial charge on any atom is 0.307 e. The zero-order valence-corrected chi connectivity index (χ0v) is 12.3. The number of benzene rings is 2. The second kappa shape index (κ2) is 5.05. The van der Waals surface area contributed by atoms with Crippen molar-refractivity contribution in [3.05, 3.63) is 68.3 Å². The summed E-state index contributed by atoms with van der Waals surface area (Å²) in [7, 11) is 1.75. The molecule has 1 aromatic heterocycles. The number of aliphatic hydroxyl groups is 1. The topological polar surface area (TPSA) is 42.2 Å². The Bertz CT molecular complexity index is 820. The van der Waals surface area contributed by atoms with Gasteiger partial charge in [0, 0.05) is 12.1 Å². The number of halogens is 1. The van der Waals surface area contributed by atoms with Crippen molar-refractivity contribution in [2.45, 2.75) is 6.10 Å². The van der Waals surface area contributed by atoms with Crippen molar-refractivity contribution in [2.75, 3.05) is 0 Å². The predicted molar refractivity (Wildman–Crippen MR) is 82.6 cm³/mol. The van der Waals surface area contributed by atoms with E-state index in [1.807, 2.05) is 18.2 Å². The van der Waals surface area contributed by atoms with E-state index in [0.29, 0.717) is 5.02 Å². The molecule has 3 nitrogen and oxygen atoms in total. The van der Waals surface area contributed by atoms with Crippen LogP contribution in [-0.2, 0) is 7.05 Å². The molecule has 0 aliphatic rings. The van der Waals surface area contributed by atoms with Gasteiger partial charge >= 0.3 is 4.87 Å². The van der Waals surface area contributed by atoms with E-state index in [9.17, 15) is 9.90 Å². The summed E-state index contributed by atoms with van der Waals surface area (Å²) in [6.45, 7) is 0. The molecule has 1 N–H and O–H groups in total. The Morgan fingerprint density at radius 1 is 1.15 bits per heavy atom. The van der Waals surface area contributed by atoms with Crippen LogP contribution >= 0.6 is 22.9 Å². The first-order chi connectivity index (χ1) is 9.56. The molecule has 0 amide bonds. The summed E-state index contributed by atoms with van der Waals surface area (Å²) in [6.07, 6.45) is -0.723. The number of nitrogens with zero attached hydrogens (tertiary/aromatic N) is 1. The third kappa shape index (κ3) is 2.26. The highest BCUT2D eigenvalue weighted by atomic mass is 35.5. The number of thiazole rings is 1. The lowest BCUT2D eigenvalue weighted by Crippen LogP contribution is -2.06. The van der Waals surface area contributed by atoms with Crippen LogP contribution in [0.1, 0.15) is 17.2 Å². The number of hydrogen-bond acceptors (Lipinski definition) is 3. The van der Waals surface area contributed by atoms with E-state index in [0.717, 1.165) is 21.3 Å². The van der Waals surface area contributed by atoms with Crippen molar-refractivity contribution in [3.8, 4) is 0 Å². The maximum absolute atomic E-state index is 11.6. The van der Waals surface area contributed by atoms with Crippen LogP contribution in [0.25, 0.3) is 10.2 Å². The van der Waals surface area contributed by atoms with Gasteiger partial charge in [-0.2, -0.15) is 0 Å². The third-order valence-corrected chi connectivity index (χ3v) is 4.57. The van der Waals surface area contributed by atoms with E-state index in [1.54, 1.807) is 35.9 Å². The molecule has 0 aliphatic carbocycles. The number of aliphatic hydroxyl groups excluding tert-OH is 1. The average Bonchev–Trinajstić information content (AvgIpc) is 2.74. The van der Waals surface area contributed by atoms with E-state index >= 15 is 0 Å². The van der Waals surface area contributed by atoms with E-state index in [-0.39, 0.29) is 4.87 Å². The van der Waals surface area contributed by atoms with Crippen LogP contribution in [-0.4, -0.2) is 9.67 Å². The molecule has 1 heterocycles. The molecule has 0 aliphatic heterocycles. The van der Waals surface area contributed by atoms with Crippen LogP contribution in [0.4, 0.5) is 0 Å². The van der Waals surface area contributed by atoms with Gasteiger partial charge in [-0.15, -0.1) is 0 Å². The molecule has 5 heteroatoms. The first-order valence-corrected chi connectivity index (χ1v) is 7.29. The predicted octanol–water partition coefficient (Wildman–Crippen LogP) is 3.34. The van der Waals surface area contributed by atoms with Crippen molar-refractivity contribution in [2.24, 2.45) is 7.05 Å². The Kier molecular flexibility index (Phi) is 3.38. The number of rotatable bonds is 2. The molecule has 2 aromatic carbocycles. The van der Waals surface area contributed by atoms with E-state index in [4.69, 9.17) is 11.6 Å². The van der Waals surface area contributed by atoms with Gasteiger partial charge < -0.3 is 9.67 Å². The Labute approximate surface area is 124 Å². The second-order valence-corrected chi connectivity index (χ2v) is 6.04. The van der Waals surface area contributed by atoms with Crippen molar-refractivity contribution in [3.63, 3.8) is 0 Å². The molecule has 3 aromatic rings. The van der Waals surface area contributed by atoms with Gasteiger partial charge in [0.2, 0.25) is 0 Å². The Balaban J connectivity index is 2.05. The summed E-state index contributed by atoms with van der Waals surface area (Å²) in [5.41, 5.74) is 2.42. The number of aromatic nitrogens is 1. The molecule has 20 heavy (non-hydrogen) atoms. The highest BCUT2D eigenvalue weighted by Crippen LogP contribution is 2.27. The van der Waals surface area contributed by atoms with Crippen molar-refractivity contribution < 1.29 is 5.11 Å². The van der Waals surface area contributed by atoms with Gasteiger partial charge in [-0.1, -0.05) is 41.1 Å². The van der Waals surface area contributed by atoms with E-state index in [1.165, 1.54) is 11.3 Å². The summed E-state index contributed by atoms with van der Waals surface area (Å²) in [5, 5.41) is 11.0. The maximum atomic E-state index is 11.6. The molecule has 1 unspecified atom stereocenters. The first kappa shape index (κ1) is 13.4. The molecule has 0 spiro atoms. The minimum atomic E-state index is -0.723. The lowest BCUT2D eigenvalue weighted by Gasteiger charge is -2.11. The fraction of sp³-hybridized carbons (Fsp3) is 0.133. The number of aryl methyl sites for hydroxylation is 1. The van der Waals surface area contributed by atoms with Gasteiger partial charge in [-0.25, -0.2) is 0 Å². The Morgan fingerprint density at radius 3 is 2.50 bits per heavy atom. The van der Waals surface area contributed by atoms with Crippen molar-refractivity contribution in [1.29, 1.82) is 0 Å². The molecular weight excluding hydrogens is 294 g/mol. The highest BCUT2D eigenvalue weighted by molar-refractivity contribution is 7.16. The second-order valence-electron chi connectivity index (χ2n) is 4.61. The lowest BCUT2D eigenvalue weighted by atomic mass is 10.0. The zero-order chi connectivity index (χ0) is 14.3. The van der Waals surface area contributed by atoms with Crippen molar-refractivity contribution >= 4 is 33.2 Å². The molecule has 0 radical (unpaired) electrons. The molecule has 0 bridgehead atoms. The number of hydrogen-bond donors (Lipinski definition) is 1. The molecule has 0 fully saturated rings. The van der Waals surface area contributed by atoms with Gasteiger partial charge in [0.25, 0.3) is 0 Å². The first-order valence-electron chi connectivity index (χ1n) is 6.09. The minimum absolute atomic E-state index is 0.00173. The Hall–Kier alpha value is -1.62. The largest absolute Gasteiger partial charge is 0.384 e. The molecular formula is C15H12ClNO2S. The summed E-state index contributed by atoms with van der Waals surface area (Å²) >= 11 is 7.03. The monoisotopic (exact) mass is 305 g/mol. The summed E-state index contributed by atoms with van der Waals surface area (Å²) < 4.78 is 2.49. The standard InChI is InChI=1S/C15H12ClNO2S/c1-17-12-7-4-10(8-13(12)20-15(17)19)14(18)9-2-5-11(16)6-3-9/h2-8,14,18H,1H3. The average molecular weight is 306 g/mol. The van der Waals surface area contributed by atoms with E-state index in [2.05, 4.69) is 0 Å². The van der Waals surface area contributed by atoms with Gasteiger partial charge in [-0.05, 0) is 35.4 Å².